The number of fused-ring (bicyclic) bond motifs is 6. The van der Waals surface area contributed by atoms with Crippen LogP contribution in [0.3, 0.4) is 0 Å². The number of rotatable bonds is 7. The summed E-state index contributed by atoms with van der Waals surface area (Å²) in [5.41, 5.74) is 1.09. The van der Waals surface area contributed by atoms with Gasteiger partial charge in [-0.3, -0.25) is 9.36 Å². The second-order valence-electron chi connectivity index (χ2n) is 9.42. The van der Waals surface area contributed by atoms with Crippen LogP contribution in [0.15, 0.2) is 39.9 Å². The van der Waals surface area contributed by atoms with Crippen LogP contribution in [0.5, 0.6) is 17.4 Å². The summed E-state index contributed by atoms with van der Waals surface area (Å²) in [6.45, 7) is 3.97. The fourth-order valence-corrected chi connectivity index (χ4v) is 6.65. The maximum atomic E-state index is 13.1. The molecule has 0 amide bonds. The Balaban J connectivity index is 1.13. The van der Waals surface area contributed by atoms with Gasteiger partial charge in [-0.25, -0.2) is 9.78 Å². The van der Waals surface area contributed by atoms with E-state index in [1.165, 1.54) is 21.5 Å². The van der Waals surface area contributed by atoms with Crippen molar-refractivity contribution in [3.8, 4) is 17.4 Å². The number of methoxy groups -OCH3 is 2. The normalized spacial score (nSPS) is 19.3. The average Bonchev–Trinajstić information content (AvgIpc) is 3.48. The van der Waals surface area contributed by atoms with Gasteiger partial charge in [0.15, 0.2) is 0 Å². The van der Waals surface area contributed by atoms with Crippen molar-refractivity contribution in [3.05, 3.63) is 56.7 Å². The Hall–Kier alpha value is -3.37. The van der Waals surface area contributed by atoms with Crippen molar-refractivity contribution in [1.82, 2.24) is 19.4 Å². The lowest BCUT2D eigenvalue weighted by molar-refractivity contribution is 0.209. The number of thiophene rings is 1. The van der Waals surface area contributed by atoms with Gasteiger partial charge in [-0.1, -0.05) is 6.07 Å². The topological polar surface area (TPSA) is 98.7 Å². The molecule has 1 fully saturated rings. The number of pyridine rings is 1. The van der Waals surface area contributed by atoms with Crippen molar-refractivity contribution in [2.24, 2.45) is 5.92 Å². The van der Waals surface area contributed by atoms with E-state index >= 15 is 0 Å². The zero-order valence-corrected chi connectivity index (χ0v) is 21.1. The van der Waals surface area contributed by atoms with Crippen molar-refractivity contribution in [2.75, 3.05) is 40.5 Å². The summed E-state index contributed by atoms with van der Waals surface area (Å²) >= 11 is 1.28. The van der Waals surface area contributed by atoms with E-state index in [4.69, 9.17) is 14.2 Å². The molecule has 2 aliphatic rings. The average molecular weight is 509 g/mol. The number of likely N-dealkylation sites (tertiary alicyclic amines) is 1. The lowest BCUT2D eigenvalue weighted by atomic mass is 9.86. The van der Waals surface area contributed by atoms with E-state index in [0.29, 0.717) is 39.3 Å². The molecule has 2 aliphatic heterocycles. The number of nitrogens with one attached hydrogen (secondary N) is 1. The van der Waals surface area contributed by atoms with E-state index in [1.807, 2.05) is 24.3 Å². The lowest BCUT2D eigenvalue weighted by Gasteiger charge is -2.29. The third-order valence-electron chi connectivity index (χ3n) is 7.35. The maximum absolute atomic E-state index is 13.1. The first kappa shape index (κ1) is 23.1. The number of ether oxygens (including phenoxy) is 3. The molecule has 9 nitrogen and oxygen atoms in total. The minimum absolute atomic E-state index is 0.260. The number of hydrogen-bond acceptors (Lipinski definition) is 8. The molecule has 36 heavy (non-hydrogen) atoms. The summed E-state index contributed by atoms with van der Waals surface area (Å²) in [6, 6.07) is 9.55. The molecule has 0 aliphatic carbocycles. The third kappa shape index (κ3) is 3.84. The van der Waals surface area contributed by atoms with Crippen LogP contribution in [-0.2, 0) is 6.54 Å². The van der Waals surface area contributed by atoms with Gasteiger partial charge in [-0.05, 0) is 37.6 Å². The number of hydrogen-bond donors (Lipinski definition) is 1. The molecular formula is C26H28N4O5S. The highest BCUT2D eigenvalue weighted by Gasteiger charge is 2.40. The van der Waals surface area contributed by atoms with Crippen molar-refractivity contribution < 1.29 is 14.2 Å². The predicted molar refractivity (Wildman–Crippen MR) is 139 cm³/mol. The largest absolute Gasteiger partial charge is 0.496 e. The predicted octanol–water partition coefficient (Wildman–Crippen LogP) is 3.20. The Morgan fingerprint density at radius 3 is 2.81 bits per heavy atom. The summed E-state index contributed by atoms with van der Waals surface area (Å²) in [6.07, 6.45) is 1.64. The zero-order valence-electron chi connectivity index (χ0n) is 20.3. The number of nitrogens with zero attached hydrogens (tertiary/aromatic N) is 3. The molecular weight excluding hydrogens is 480 g/mol. The number of benzene rings is 1. The Kier molecular flexibility index (Phi) is 5.93. The Morgan fingerprint density at radius 1 is 1.11 bits per heavy atom. The maximum Gasteiger partial charge on any atom is 0.328 e. The van der Waals surface area contributed by atoms with E-state index in [-0.39, 0.29) is 11.2 Å². The number of unbranched alkanes of at least 4 members (excludes halogenated alkanes) is 1. The Labute approximate surface area is 211 Å². The van der Waals surface area contributed by atoms with Gasteiger partial charge in [0.2, 0.25) is 5.88 Å². The second-order valence-corrected chi connectivity index (χ2v) is 10.4. The highest BCUT2D eigenvalue weighted by atomic mass is 32.1. The Morgan fingerprint density at radius 2 is 1.97 bits per heavy atom. The summed E-state index contributed by atoms with van der Waals surface area (Å²) in [5.74, 6) is 3.15. The molecule has 1 aromatic carbocycles. The second kappa shape index (κ2) is 9.25. The van der Waals surface area contributed by atoms with Crippen LogP contribution in [-0.4, -0.2) is 59.9 Å². The molecule has 3 aromatic heterocycles. The summed E-state index contributed by atoms with van der Waals surface area (Å²) in [5, 5.41) is 0.759. The molecule has 6 rings (SSSR count). The fraction of sp³-hybridized carbons (Fsp3) is 0.423. The monoisotopic (exact) mass is 508 g/mol. The first-order valence-electron chi connectivity index (χ1n) is 12.2. The molecule has 0 bridgehead atoms. The quantitative estimate of drug-likeness (QED) is 0.383. The SMILES string of the molecule is COc1ccc2c(n1)sc1c(=O)n(CCCCN3C[C@@H]4COc5cccc(OC)c5[C@@H]4C3)c(=O)[nH]c12. The van der Waals surface area contributed by atoms with Gasteiger partial charge in [-0.2, -0.15) is 0 Å². The molecule has 0 unspecified atom stereocenters. The van der Waals surface area contributed by atoms with Gasteiger partial charge in [0.1, 0.15) is 21.0 Å². The van der Waals surface area contributed by atoms with Crippen LogP contribution in [0.4, 0.5) is 0 Å². The number of H-pyrrole nitrogens is 1. The molecule has 0 spiro atoms. The van der Waals surface area contributed by atoms with Gasteiger partial charge in [0.25, 0.3) is 5.56 Å². The first-order chi connectivity index (χ1) is 17.6. The molecule has 0 saturated carbocycles. The van der Waals surface area contributed by atoms with Gasteiger partial charge < -0.3 is 24.1 Å². The summed E-state index contributed by atoms with van der Waals surface area (Å²) in [7, 11) is 3.26. The van der Waals surface area contributed by atoms with Crippen molar-refractivity contribution in [3.63, 3.8) is 0 Å². The number of aromatic amines is 1. The summed E-state index contributed by atoms with van der Waals surface area (Å²) < 4.78 is 18.6. The van der Waals surface area contributed by atoms with Crippen LogP contribution in [0.25, 0.3) is 20.4 Å². The van der Waals surface area contributed by atoms with Gasteiger partial charge in [0, 0.05) is 48.5 Å². The molecule has 0 radical (unpaired) electrons. The van der Waals surface area contributed by atoms with E-state index < -0.39 is 0 Å². The molecule has 4 aromatic rings. The Bertz CT molecular complexity index is 1540. The lowest BCUT2D eigenvalue weighted by Crippen LogP contribution is -2.34. The van der Waals surface area contributed by atoms with Crippen LogP contribution in [0.1, 0.15) is 24.3 Å². The van der Waals surface area contributed by atoms with Crippen LogP contribution < -0.4 is 25.5 Å². The third-order valence-corrected chi connectivity index (χ3v) is 8.44. The minimum atomic E-state index is -0.379. The molecule has 2 atom stereocenters. The van der Waals surface area contributed by atoms with Crippen LogP contribution in [0, 0.1) is 5.92 Å². The smallest absolute Gasteiger partial charge is 0.328 e. The van der Waals surface area contributed by atoms with Crippen LogP contribution >= 0.6 is 11.3 Å². The molecule has 5 heterocycles. The highest BCUT2D eigenvalue weighted by molar-refractivity contribution is 7.25. The number of aromatic nitrogens is 3. The van der Waals surface area contributed by atoms with Gasteiger partial charge in [0.05, 0.1) is 26.3 Å². The van der Waals surface area contributed by atoms with E-state index in [1.54, 1.807) is 20.3 Å². The molecule has 1 saturated heterocycles. The highest BCUT2D eigenvalue weighted by Crippen LogP contribution is 2.46. The van der Waals surface area contributed by atoms with Crippen molar-refractivity contribution in [2.45, 2.75) is 25.3 Å². The molecule has 1 N–H and O–H groups in total. The summed E-state index contributed by atoms with van der Waals surface area (Å²) in [4.78, 5) is 36.3. The molecule has 10 heteroatoms. The van der Waals surface area contributed by atoms with E-state index in [9.17, 15) is 9.59 Å². The van der Waals surface area contributed by atoms with E-state index in [0.717, 1.165) is 56.0 Å². The fourth-order valence-electron chi connectivity index (χ4n) is 5.58. The zero-order chi connectivity index (χ0) is 24.8. The van der Waals surface area contributed by atoms with Gasteiger partial charge in [-0.15, -0.1) is 11.3 Å². The van der Waals surface area contributed by atoms with Crippen molar-refractivity contribution >= 4 is 31.8 Å². The van der Waals surface area contributed by atoms with E-state index in [2.05, 4.69) is 14.9 Å². The molecule has 188 valence electrons. The van der Waals surface area contributed by atoms with Crippen LogP contribution in [0.2, 0.25) is 0 Å². The standard InChI is InChI=1S/C26H28N4O5S/c1-33-18-6-5-7-19-21(18)17-13-29(12-15(17)14-35-19)10-3-4-11-30-25(31)23-22(28-26(30)32)16-8-9-20(34-2)27-24(16)36-23/h5-9,15,17H,3-4,10-14H2,1-2H3,(H,28,32)/t15-,17-/m1/s1. The van der Waals surface area contributed by atoms with Gasteiger partial charge >= 0.3 is 5.69 Å². The van der Waals surface area contributed by atoms with Crippen molar-refractivity contribution in [1.29, 1.82) is 0 Å². The minimum Gasteiger partial charge on any atom is -0.496 e. The first-order valence-corrected chi connectivity index (χ1v) is 13.0.